The number of aliphatic hydroxyl groups excluding tert-OH is 4. The molecular weight excluding hydrogens is 372 g/mol. The van der Waals surface area contributed by atoms with Gasteiger partial charge in [-0.3, -0.25) is 0 Å². The number of aliphatic hydroxyl groups is 4. The number of rotatable bonds is 6. The van der Waals surface area contributed by atoms with Crippen molar-refractivity contribution in [3.63, 3.8) is 0 Å². The predicted molar refractivity (Wildman–Crippen MR) is 77.8 cm³/mol. The second kappa shape index (κ2) is 10.5. The Morgan fingerprint density at radius 3 is 1.61 bits per heavy atom. The third-order valence-corrected chi connectivity index (χ3v) is 4.47. The van der Waals surface area contributed by atoms with Gasteiger partial charge in [-0.25, -0.2) is 0 Å². The molecule has 0 aromatic heterocycles. The third kappa shape index (κ3) is 10.7. The molecule has 5 nitrogen and oxygen atoms in total. The first-order chi connectivity index (χ1) is 8.05. The Bertz CT molecular complexity index is 188. The minimum Gasteiger partial charge on any atom is -0.394 e. The van der Waals surface area contributed by atoms with Gasteiger partial charge in [0.15, 0.2) is 0 Å². The normalized spacial score (nSPS) is 18.3. The molecule has 0 fully saturated rings. The average Bonchev–Trinajstić information content (AvgIpc) is 2.26. The molecule has 4 unspecified atom stereocenters. The van der Waals surface area contributed by atoms with Crippen LogP contribution in [0.15, 0.2) is 0 Å². The van der Waals surface area contributed by atoms with Gasteiger partial charge >= 0.3 is 0 Å². The Balaban J connectivity index is 0. The molecule has 0 spiro atoms. The quantitative estimate of drug-likeness (QED) is 0.507. The summed E-state index contributed by atoms with van der Waals surface area (Å²) in [6, 6.07) is 0. The van der Waals surface area contributed by atoms with Gasteiger partial charge in [-0.2, -0.15) is 0 Å². The number of halogens is 2. The molecule has 4 N–H and O–H groups in total. The number of ether oxygens (including phenoxy) is 1. The largest absolute Gasteiger partial charge is 0.394 e. The zero-order chi connectivity index (χ0) is 14.9. The molecule has 0 aliphatic rings. The van der Waals surface area contributed by atoms with E-state index in [1.165, 1.54) is 0 Å². The molecule has 0 aliphatic heterocycles. The maximum Gasteiger partial charge on any atom is 0.117 e. The predicted octanol–water partition coefficient (Wildman–Crippen LogP) is 1.20. The summed E-state index contributed by atoms with van der Waals surface area (Å²) in [5.74, 6) is 0. The highest BCUT2D eigenvalue weighted by molar-refractivity contribution is 9.10. The van der Waals surface area contributed by atoms with Crippen LogP contribution >= 0.6 is 31.9 Å². The van der Waals surface area contributed by atoms with Crippen LogP contribution in [0.4, 0.5) is 0 Å². The summed E-state index contributed by atoms with van der Waals surface area (Å²) in [5.41, 5.74) is -0.556. The summed E-state index contributed by atoms with van der Waals surface area (Å²) < 4.78 is 4.95. The van der Waals surface area contributed by atoms with E-state index in [2.05, 4.69) is 31.9 Å². The van der Waals surface area contributed by atoms with E-state index in [1.54, 1.807) is 27.7 Å². The van der Waals surface area contributed by atoms with Gasteiger partial charge in [-0.15, -0.1) is 0 Å². The number of hydrogen-bond acceptors (Lipinski definition) is 5. The van der Waals surface area contributed by atoms with Crippen LogP contribution in [0, 0.1) is 5.41 Å². The van der Waals surface area contributed by atoms with Crippen LogP contribution in [0.3, 0.4) is 0 Å². The van der Waals surface area contributed by atoms with Gasteiger partial charge < -0.3 is 25.2 Å². The van der Waals surface area contributed by atoms with E-state index in [9.17, 15) is 0 Å². The summed E-state index contributed by atoms with van der Waals surface area (Å²) >= 11 is 5.92. The first kappa shape index (κ1) is 21.1. The lowest BCUT2D eigenvalue weighted by atomic mass is 9.96. The lowest BCUT2D eigenvalue weighted by Gasteiger charge is -2.28. The Kier molecular flexibility index (Phi) is 12.3. The van der Waals surface area contributed by atoms with Crippen molar-refractivity contribution in [2.24, 2.45) is 5.41 Å². The second-order valence-electron chi connectivity index (χ2n) is 4.67. The van der Waals surface area contributed by atoms with Gasteiger partial charge in [0.1, 0.15) is 10.0 Å². The van der Waals surface area contributed by atoms with Crippen LogP contribution in [-0.4, -0.2) is 55.9 Å². The average molecular weight is 396 g/mol. The third-order valence-electron chi connectivity index (χ3n) is 2.11. The summed E-state index contributed by atoms with van der Waals surface area (Å²) in [6.07, 6.45) is -0.612. The van der Waals surface area contributed by atoms with E-state index in [-0.39, 0.29) is 12.7 Å². The van der Waals surface area contributed by atoms with E-state index in [4.69, 9.17) is 25.2 Å². The van der Waals surface area contributed by atoms with E-state index in [1.807, 2.05) is 0 Å². The van der Waals surface area contributed by atoms with Crippen molar-refractivity contribution < 1.29 is 25.2 Å². The van der Waals surface area contributed by atoms with Crippen LogP contribution in [0.2, 0.25) is 0 Å². The lowest BCUT2D eigenvalue weighted by Crippen LogP contribution is -2.33. The van der Waals surface area contributed by atoms with Crippen molar-refractivity contribution in [1.29, 1.82) is 0 Å². The molecule has 0 aromatic rings. The van der Waals surface area contributed by atoms with Crippen molar-refractivity contribution in [3.05, 3.63) is 0 Å². The van der Waals surface area contributed by atoms with Crippen LogP contribution in [0.5, 0.6) is 0 Å². The summed E-state index contributed by atoms with van der Waals surface area (Å²) in [4.78, 5) is 0. The van der Waals surface area contributed by atoms with Crippen molar-refractivity contribution in [1.82, 2.24) is 0 Å². The maximum absolute atomic E-state index is 8.98. The Morgan fingerprint density at radius 2 is 1.44 bits per heavy atom. The monoisotopic (exact) mass is 394 g/mol. The summed E-state index contributed by atoms with van der Waals surface area (Å²) in [5, 5.41) is 33.7. The Morgan fingerprint density at radius 1 is 1.06 bits per heavy atom. The SMILES string of the molecule is CC(C)(C(O)Br)C(O)Br.CC(O)COC(C)CO. The van der Waals surface area contributed by atoms with Gasteiger partial charge in [0.05, 0.1) is 25.4 Å². The molecule has 0 saturated heterocycles. The van der Waals surface area contributed by atoms with E-state index in [0.29, 0.717) is 6.61 Å². The van der Waals surface area contributed by atoms with E-state index >= 15 is 0 Å². The highest BCUT2D eigenvalue weighted by atomic mass is 79.9. The minimum absolute atomic E-state index is 0.00667. The van der Waals surface area contributed by atoms with Gasteiger partial charge in [-0.1, -0.05) is 45.7 Å². The van der Waals surface area contributed by atoms with Gasteiger partial charge in [0.25, 0.3) is 0 Å². The molecule has 0 bridgehead atoms. The zero-order valence-corrected chi connectivity index (χ0v) is 14.3. The van der Waals surface area contributed by atoms with Crippen LogP contribution in [-0.2, 0) is 4.74 Å². The Hall–Kier alpha value is 0.760. The lowest BCUT2D eigenvalue weighted by molar-refractivity contribution is -0.0177. The van der Waals surface area contributed by atoms with E-state index in [0.717, 1.165) is 0 Å². The highest BCUT2D eigenvalue weighted by Gasteiger charge is 2.31. The van der Waals surface area contributed by atoms with Gasteiger partial charge in [0.2, 0.25) is 0 Å². The van der Waals surface area contributed by atoms with Crippen LogP contribution in [0.25, 0.3) is 0 Å². The molecule has 7 heteroatoms. The van der Waals surface area contributed by atoms with Crippen molar-refractivity contribution >= 4 is 31.9 Å². The molecule has 0 aromatic carbocycles. The highest BCUT2D eigenvalue weighted by Crippen LogP contribution is 2.31. The fourth-order valence-electron chi connectivity index (χ4n) is 0.470. The van der Waals surface area contributed by atoms with E-state index < -0.39 is 21.5 Å². The van der Waals surface area contributed by atoms with Crippen molar-refractivity contribution in [2.45, 2.75) is 49.9 Å². The topological polar surface area (TPSA) is 90.2 Å². The smallest absolute Gasteiger partial charge is 0.117 e. The Labute approximate surface area is 125 Å². The molecule has 112 valence electrons. The molecule has 0 rings (SSSR count). The molecule has 18 heavy (non-hydrogen) atoms. The van der Waals surface area contributed by atoms with Crippen LogP contribution < -0.4 is 0 Å². The first-order valence-corrected chi connectivity index (χ1v) is 7.43. The van der Waals surface area contributed by atoms with Crippen molar-refractivity contribution in [2.75, 3.05) is 13.2 Å². The number of alkyl halides is 2. The molecule has 0 radical (unpaired) electrons. The molecule has 0 saturated carbocycles. The standard InChI is InChI=1S/C6H14O3.C5H10Br2O2/c1-5(8)4-9-6(2)3-7;1-5(2,3(6)8)4(7)9/h5-8H,3-4H2,1-2H3;3-4,8-9H,1-2H3. The maximum atomic E-state index is 8.98. The first-order valence-electron chi connectivity index (χ1n) is 5.60. The molecule has 0 amide bonds. The molecule has 0 heterocycles. The second-order valence-corrected chi connectivity index (χ2v) is 6.40. The van der Waals surface area contributed by atoms with Crippen molar-refractivity contribution in [3.8, 4) is 0 Å². The molecule has 0 aliphatic carbocycles. The fourth-order valence-corrected chi connectivity index (χ4v) is 1.33. The van der Waals surface area contributed by atoms with Crippen LogP contribution in [0.1, 0.15) is 27.7 Å². The zero-order valence-electron chi connectivity index (χ0n) is 11.2. The minimum atomic E-state index is -0.695. The summed E-state index contributed by atoms with van der Waals surface area (Å²) in [7, 11) is 0. The number of hydrogen-bond donors (Lipinski definition) is 4. The molecule has 4 atom stereocenters. The van der Waals surface area contributed by atoms with Gasteiger partial charge in [0, 0.05) is 5.41 Å². The molecular formula is C11H24Br2O5. The summed E-state index contributed by atoms with van der Waals surface area (Å²) in [6.45, 7) is 7.18. The van der Waals surface area contributed by atoms with Gasteiger partial charge in [-0.05, 0) is 13.8 Å². The fraction of sp³-hybridized carbons (Fsp3) is 1.00.